The first-order valence-electron chi connectivity index (χ1n) is 4.04. The summed E-state index contributed by atoms with van der Waals surface area (Å²) in [6.45, 7) is 1.40. The van der Waals surface area contributed by atoms with Crippen LogP contribution in [0.5, 0.6) is 0 Å². The molecule has 1 atom stereocenters. The average Bonchev–Trinajstić information content (AvgIpc) is 1.99. The quantitative estimate of drug-likeness (QED) is 0.815. The third-order valence-corrected chi connectivity index (χ3v) is 2.45. The smallest absolute Gasteiger partial charge is 0.216 e. The van der Waals surface area contributed by atoms with Crippen LogP contribution in [-0.4, -0.2) is 8.42 Å². The van der Waals surface area contributed by atoms with Crippen molar-refractivity contribution in [1.82, 2.24) is 4.72 Å². The van der Waals surface area contributed by atoms with Crippen molar-refractivity contribution < 1.29 is 17.2 Å². The van der Waals surface area contributed by atoms with Crippen molar-refractivity contribution in [1.29, 1.82) is 0 Å². The Balaban J connectivity index is 2.97. The van der Waals surface area contributed by atoms with E-state index in [1.807, 2.05) is 4.72 Å². The zero-order chi connectivity index (χ0) is 11.6. The maximum atomic E-state index is 13.2. The van der Waals surface area contributed by atoms with Crippen molar-refractivity contribution in [3.05, 3.63) is 35.4 Å². The van der Waals surface area contributed by atoms with E-state index < -0.39 is 27.9 Å². The summed E-state index contributed by atoms with van der Waals surface area (Å²) < 4.78 is 49.0. The molecule has 1 rings (SSSR count). The van der Waals surface area contributed by atoms with E-state index in [4.69, 9.17) is 5.14 Å². The van der Waals surface area contributed by atoms with Gasteiger partial charge in [0, 0.05) is 17.7 Å². The van der Waals surface area contributed by atoms with Gasteiger partial charge in [0.1, 0.15) is 11.6 Å². The third-order valence-electron chi connectivity index (χ3n) is 1.77. The van der Waals surface area contributed by atoms with Crippen LogP contribution in [-0.2, 0) is 10.2 Å². The maximum Gasteiger partial charge on any atom is 0.274 e. The van der Waals surface area contributed by atoms with Gasteiger partial charge in [-0.2, -0.15) is 13.1 Å². The summed E-state index contributed by atoms with van der Waals surface area (Å²) in [5, 5.41) is 4.72. The van der Waals surface area contributed by atoms with Gasteiger partial charge < -0.3 is 0 Å². The summed E-state index contributed by atoms with van der Waals surface area (Å²) in [5.74, 6) is -1.54. The number of nitrogens with one attached hydrogen (secondary N) is 1. The molecule has 0 saturated heterocycles. The van der Waals surface area contributed by atoms with Crippen LogP contribution in [0.25, 0.3) is 0 Å². The van der Waals surface area contributed by atoms with Gasteiger partial charge in [0.05, 0.1) is 0 Å². The number of rotatable bonds is 3. The molecule has 0 aliphatic carbocycles. The highest BCUT2D eigenvalue weighted by atomic mass is 32.2. The molecule has 0 radical (unpaired) electrons. The second-order valence-electron chi connectivity index (χ2n) is 3.05. The van der Waals surface area contributed by atoms with Crippen LogP contribution in [0.3, 0.4) is 0 Å². The Labute approximate surface area is 86.3 Å². The first-order chi connectivity index (χ1) is 6.79. The summed E-state index contributed by atoms with van der Waals surface area (Å²) >= 11 is 0. The Morgan fingerprint density at radius 2 is 2.00 bits per heavy atom. The van der Waals surface area contributed by atoms with Crippen LogP contribution in [0.2, 0.25) is 0 Å². The molecule has 0 fully saturated rings. The van der Waals surface area contributed by atoms with E-state index in [1.54, 1.807) is 0 Å². The lowest BCUT2D eigenvalue weighted by atomic mass is 10.1. The van der Waals surface area contributed by atoms with Gasteiger partial charge in [0.25, 0.3) is 10.2 Å². The first-order valence-corrected chi connectivity index (χ1v) is 5.59. The second kappa shape index (κ2) is 4.21. The molecule has 0 saturated carbocycles. The van der Waals surface area contributed by atoms with Crippen molar-refractivity contribution in [3.63, 3.8) is 0 Å². The SMILES string of the molecule is CC(NS(N)(=O)=O)c1ccc(F)cc1F. The highest BCUT2D eigenvalue weighted by molar-refractivity contribution is 7.87. The molecule has 1 unspecified atom stereocenters. The van der Waals surface area contributed by atoms with Crippen molar-refractivity contribution in [2.75, 3.05) is 0 Å². The normalized spacial score (nSPS) is 13.9. The second-order valence-corrected chi connectivity index (χ2v) is 4.38. The molecule has 3 N–H and O–H groups in total. The summed E-state index contributed by atoms with van der Waals surface area (Å²) in [7, 11) is -3.91. The largest absolute Gasteiger partial charge is 0.274 e. The minimum atomic E-state index is -3.91. The fourth-order valence-electron chi connectivity index (χ4n) is 1.16. The number of hydrogen-bond donors (Lipinski definition) is 2. The van der Waals surface area contributed by atoms with Crippen molar-refractivity contribution in [2.45, 2.75) is 13.0 Å². The lowest BCUT2D eigenvalue weighted by Gasteiger charge is -2.12. The molecule has 0 spiro atoms. The van der Waals surface area contributed by atoms with Crippen molar-refractivity contribution in [2.24, 2.45) is 5.14 Å². The fourth-order valence-corrected chi connectivity index (χ4v) is 1.78. The Kier molecular flexibility index (Phi) is 3.38. The van der Waals surface area contributed by atoms with Crippen LogP contribution in [0, 0.1) is 11.6 Å². The minimum Gasteiger partial charge on any atom is -0.216 e. The Morgan fingerprint density at radius 1 is 1.40 bits per heavy atom. The van der Waals surface area contributed by atoms with Crippen LogP contribution < -0.4 is 9.86 Å². The Bertz CT molecular complexity index is 462. The van der Waals surface area contributed by atoms with Gasteiger partial charge in [-0.25, -0.2) is 13.9 Å². The molecule has 0 amide bonds. The van der Waals surface area contributed by atoms with E-state index in [2.05, 4.69) is 0 Å². The van der Waals surface area contributed by atoms with Gasteiger partial charge in [-0.3, -0.25) is 0 Å². The molecule has 0 aliphatic heterocycles. The van der Waals surface area contributed by atoms with E-state index in [1.165, 1.54) is 6.92 Å². The summed E-state index contributed by atoms with van der Waals surface area (Å²) in [6, 6.07) is 2.03. The number of halogens is 2. The predicted molar refractivity (Wildman–Crippen MR) is 51.0 cm³/mol. The topological polar surface area (TPSA) is 72.2 Å². The van der Waals surface area contributed by atoms with Gasteiger partial charge >= 0.3 is 0 Å². The fraction of sp³-hybridized carbons (Fsp3) is 0.250. The van der Waals surface area contributed by atoms with Crippen molar-refractivity contribution >= 4 is 10.2 Å². The van der Waals surface area contributed by atoms with Gasteiger partial charge in [-0.15, -0.1) is 0 Å². The summed E-state index contributed by atoms with van der Waals surface area (Å²) in [6.07, 6.45) is 0. The molecular formula is C8H10F2N2O2S. The average molecular weight is 236 g/mol. The first kappa shape index (κ1) is 12.0. The molecule has 1 aromatic rings. The van der Waals surface area contributed by atoms with Gasteiger partial charge in [-0.05, 0) is 13.0 Å². The minimum absolute atomic E-state index is 0.0328. The molecule has 0 aliphatic rings. The molecule has 0 bridgehead atoms. The molecule has 84 valence electrons. The van der Waals surface area contributed by atoms with E-state index in [0.29, 0.717) is 6.07 Å². The van der Waals surface area contributed by atoms with E-state index >= 15 is 0 Å². The van der Waals surface area contributed by atoms with Crippen LogP contribution in [0.4, 0.5) is 8.78 Å². The molecule has 15 heavy (non-hydrogen) atoms. The van der Waals surface area contributed by atoms with Crippen LogP contribution in [0.15, 0.2) is 18.2 Å². The maximum absolute atomic E-state index is 13.2. The standard InChI is InChI=1S/C8H10F2N2O2S/c1-5(12-15(11,13)14)7-3-2-6(9)4-8(7)10/h2-5,12H,1H3,(H2,11,13,14). The molecular weight excluding hydrogens is 226 g/mol. The predicted octanol–water partition coefficient (Wildman–Crippen LogP) is 0.819. The van der Waals surface area contributed by atoms with Crippen LogP contribution >= 0.6 is 0 Å². The molecule has 4 nitrogen and oxygen atoms in total. The Hall–Kier alpha value is -1.05. The van der Waals surface area contributed by atoms with Gasteiger partial charge in [0.15, 0.2) is 0 Å². The van der Waals surface area contributed by atoms with Crippen molar-refractivity contribution in [3.8, 4) is 0 Å². The van der Waals surface area contributed by atoms with Crippen LogP contribution in [0.1, 0.15) is 18.5 Å². The van der Waals surface area contributed by atoms with E-state index in [9.17, 15) is 17.2 Å². The third kappa shape index (κ3) is 3.54. The highest BCUT2D eigenvalue weighted by Gasteiger charge is 2.15. The highest BCUT2D eigenvalue weighted by Crippen LogP contribution is 2.17. The zero-order valence-electron chi connectivity index (χ0n) is 7.87. The number of hydrogen-bond acceptors (Lipinski definition) is 2. The monoisotopic (exact) mass is 236 g/mol. The van der Waals surface area contributed by atoms with E-state index in [0.717, 1.165) is 12.1 Å². The molecule has 1 aromatic carbocycles. The molecule has 0 heterocycles. The van der Waals surface area contributed by atoms with Gasteiger partial charge in [-0.1, -0.05) is 6.07 Å². The van der Waals surface area contributed by atoms with E-state index in [-0.39, 0.29) is 5.56 Å². The van der Waals surface area contributed by atoms with Gasteiger partial charge in [0.2, 0.25) is 0 Å². The number of nitrogens with two attached hydrogens (primary N) is 1. The lowest BCUT2D eigenvalue weighted by Crippen LogP contribution is -2.33. The molecule has 0 aromatic heterocycles. The summed E-state index contributed by atoms with van der Waals surface area (Å²) in [5.41, 5.74) is 0.0328. The number of benzene rings is 1. The summed E-state index contributed by atoms with van der Waals surface area (Å²) in [4.78, 5) is 0. The zero-order valence-corrected chi connectivity index (χ0v) is 8.68. The lowest BCUT2D eigenvalue weighted by molar-refractivity contribution is 0.540. The molecule has 7 heteroatoms. The Morgan fingerprint density at radius 3 is 2.47 bits per heavy atom.